The molecule has 2 atom stereocenters. The number of ether oxygens (including phenoxy) is 6. The molecule has 0 unspecified atom stereocenters. The van der Waals surface area contributed by atoms with Gasteiger partial charge in [0.15, 0.2) is 11.3 Å². The predicted molar refractivity (Wildman–Crippen MR) is 380 cm³/mol. The second-order valence-electron chi connectivity index (χ2n) is 26.9. The quantitative estimate of drug-likeness (QED) is 0.0381. The van der Waals surface area contributed by atoms with E-state index in [9.17, 15) is 18.4 Å². The van der Waals surface area contributed by atoms with Gasteiger partial charge in [0.2, 0.25) is 0 Å². The summed E-state index contributed by atoms with van der Waals surface area (Å²) in [6, 6.07) is 34.2. The van der Waals surface area contributed by atoms with E-state index < -0.39 is 17.3 Å². The third-order valence-corrected chi connectivity index (χ3v) is 17.0. The average Bonchev–Trinajstić information content (AvgIpc) is 1.71. The third-order valence-electron chi connectivity index (χ3n) is 17.0. The molecule has 0 aliphatic carbocycles. The molecule has 0 saturated carbocycles. The van der Waals surface area contributed by atoms with Crippen molar-refractivity contribution in [1.82, 2.24) is 54.7 Å². The SMILES string of the molecule is CC(C)(C)OC(=O)NCCOCCOCCN1CCN(c2cccc(-c3cnc4ccc(N5CCC[C@H]5c5cccc(F)c5)nn34)n2)CC1.CCCOCCOCCCC(=O)OC(C)(C)C.Fc1cccc([C@@H]2CCCN2c2ccc3ncc(-c4cccc(N5CCNCC5)n4)n3n2)c1. The molecule has 0 bridgehead atoms. The Kier molecular flexibility index (Phi) is 26.7. The molecule has 1 amide bonds. The van der Waals surface area contributed by atoms with Crippen molar-refractivity contribution in [1.29, 1.82) is 0 Å². The normalized spacial score (nSPS) is 16.8. The summed E-state index contributed by atoms with van der Waals surface area (Å²) in [5, 5.41) is 16.0. The number of fused-ring (bicyclic) bond motifs is 2. The lowest BCUT2D eigenvalue weighted by molar-refractivity contribution is -0.155. The van der Waals surface area contributed by atoms with Gasteiger partial charge in [0.1, 0.15) is 57.5 Å². The summed E-state index contributed by atoms with van der Waals surface area (Å²) in [5.41, 5.74) is 5.96. The Morgan fingerprint density at radius 3 is 1.56 bits per heavy atom. The number of rotatable bonds is 26. The first-order valence-electron chi connectivity index (χ1n) is 35.1. The van der Waals surface area contributed by atoms with Crippen LogP contribution < -0.4 is 30.2 Å². The maximum Gasteiger partial charge on any atom is 0.407 e. The maximum absolute atomic E-state index is 14.0. The van der Waals surface area contributed by atoms with Gasteiger partial charge in [0, 0.05) is 98.2 Å². The average molecular weight is 1360 g/mol. The number of nitrogens with one attached hydrogen (secondary N) is 2. The molecule has 4 fully saturated rings. The van der Waals surface area contributed by atoms with Crippen molar-refractivity contribution < 1.29 is 46.8 Å². The molecule has 2 N–H and O–H groups in total. The van der Waals surface area contributed by atoms with E-state index in [0.717, 1.165) is 179 Å². The zero-order valence-electron chi connectivity index (χ0n) is 58.6. The van der Waals surface area contributed by atoms with Gasteiger partial charge in [-0.1, -0.05) is 43.3 Å². The van der Waals surface area contributed by atoms with E-state index in [0.29, 0.717) is 65.6 Å². The number of carbonyl (C=O) groups is 2. The molecule has 10 heterocycles. The van der Waals surface area contributed by atoms with Crippen LogP contribution in [0, 0.1) is 11.6 Å². The monoisotopic (exact) mass is 1360 g/mol. The van der Waals surface area contributed by atoms with E-state index in [4.69, 9.17) is 48.6 Å². The Hall–Kier alpha value is -8.46. The Morgan fingerprint density at radius 2 is 1.04 bits per heavy atom. The van der Waals surface area contributed by atoms with Gasteiger partial charge in [-0.15, -0.1) is 10.2 Å². The molecule has 2 aromatic carbocycles. The van der Waals surface area contributed by atoms with E-state index in [1.807, 2.05) is 124 Å². The number of imidazole rings is 2. The molecule has 4 aliphatic heterocycles. The van der Waals surface area contributed by atoms with Gasteiger partial charge in [0.05, 0.1) is 75.5 Å². The number of esters is 1. The summed E-state index contributed by atoms with van der Waals surface area (Å²) in [4.78, 5) is 53.7. The van der Waals surface area contributed by atoms with E-state index >= 15 is 0 Å². The lowest BCUT2D eigenvalue weighted by Crippen LogP contribution is -2.47. The number of hydrogen-bond acceptors (Lipinski definition) is 20. The smallest absolute Gasteiger partial charge is 0.407 e. The van der Waals surface area contributed by atoms with Gasteiger partial charge < -0.3 is 58.7 Å². The second-order valence-corrected chi connectivity index (χ2v) is 26.9. The molecule has 8 aromatic rings. The van der Waals surface area contributed by atoms with Crippen LogP contribution in [0.2, 0.25) is 0 Å². The summed E-state index contributed by atoms with van der Waals surface area (Å²) in [5.74, 6) is 3.04. The van der Waals surface area contributed by atoms with Gasteiger partial charge in [-0.05, 0) is 164 Å². The molecule has 23 nitrogen and oxygen atoms in total. The van der Waals surface area contributed by atoms with Crippen molar-refractivity contribution in [2.75, 3.05) is 151 Å². The number of aromatic nitrogens is 8. The van der Waals surface area contributed by atoms with Crippen LogP contribution in [0.4, 0.5) is 36.8 Å². The number of pyridine rings is 2. The van der Waals surface area contributed by atoms with E-state index in [1.54, 1.807) is 24.3 Å². The van der Waals surface area contributed by atoms with Crippen molar-refractivity contribution in [2.45, 2.75) is 117 Å². The lowest BCUT2D eigenvalue weighted by Gasteiger charge is -2.35. The minimum absolute atomic E-state index is 0.0829. The third kappa shape index (κ3) is 21.8. The molecule has 0 spiro atoms. The van der Waals surface area contributed by atoms with Crippen LogP contribution in [0.1, 0.15) is 117 Å². The van der Waals surface area contributed by atoms with Gasteiger partial charge >= 0.3 is 12.1 Å². The fraction of sp³-hybridized carbons (Fsp3) is 0.514. The summed E-state index contributed by atoms with van der Waals surface area (Å²) in [6.45, 7) is 28.2. The summed E-state index contributed by atoms with van der Waals surface area (Å²) in [6.07, 6.45) is 9.37. The number of nitrogens with zero attached hydrogens (tertiary/aromatic N) is 13. The summed E-state index contributed by atoms with van der Waals surface area (Å²) < 4.78 is 63.9. The van der Waals surface area contributed by atoms with E-state index in [2.05, 4.69) is 64.2 Å². The summed E-state index contributed by atoms with van der Waals surface area (Å²) >= 11 is 0. The predicted octanol–water partition coefficient (Wildman–Crippen LogP) is 11.2. The molecule has 6 aromatic heterocycles. The van der Waals surface area contributed by atoms with Crippen LogP contribution in [-0.2, 0) is 33.2 Å². The van der Waals surface area contributed by atoms with Crippen molar-refractivity contribution in [3.8, 4) is 22.8 Å². The molecule has 99 heavy (non-hydrogen) atoms. The lowest BCUT2D eigenvalue weighted by atomic mass is 10.0. The number of hydrogen-bond donors (Lipinski definition) is 2. The summed E-state index contributed by atoms with van der Waals surface area (Å²) in [7, 11) is 0. The number of carbonyl (C=O) groups excluding carboxylic acids is 2. The minimum atomic E-state index is -0.513. The Bertz CT molecular complexity index is 3830. The van der Waals surface area contributed by atoms with Crippen LogP contribution >= 0.6 is 0 Å². The maximum atomic E-state index is 14.0. The molecule has 0 radical (unpaired) electrons. The number of halogens is 2. The molecule has 4 saturated heterocycles. The van der Waals surface area contributed by atoms with Gasteiger partial charge in [0.25, 0.3) is 0 Å². The number of alkyl carbamates (subject to hydrolysis) is 1. The Morgan fingerprint density at radius 1 is 0.545 bits per heavy atom. The van der Waals surface area contributed by atoms with Crippen molar-refractivity contribution in [3.05, 3.63) is 144 Å². The van der Waals surface area contributed by atoms with Crippen LogP contribution in [0.15, 0.2) is 122 Å². The van der Waals surface area contributed by atoms with Gasteiger partial charge in [-0.25, -0.2) is 42.5 Å². The van der Waals surface area contributed by atoms with Crippen molar-refractivity contribution in [2.24, 2.45) is 0 Å². The molecule has 532 valence electrons. The highest BCUT2D eigenvalue weighted by Crippen LogP contribution is 2.38. The first kappa shape index (κ1) is 73.3. The topological polar surface area (TPSA) is 216 Å². The fourth-order valence-corrected chi connectivity index (χ4v) is 12.4. The zero-order valence-corrected chi connectivity index (χ0v) is 58.6. The highest BCUT2D eigenvalue weighted by molar-refractivity contribution is 5.70. The molecule has 4 aliphatic rings. The van der Waals surface area contributed by atoms with Crippen molar-refractivity contribution >= 4 is 46.6 Å². The number of anilines is 4. The molecule has 25 heteroatoms. The van der Waals surface area contributed by atoms with Crippen LogP contribution in [0.3, 0.4) is 0 Å². The largest absolute Gasteiger partial charge is 0.460 e. The number of amides is 1. The molecular weight excluding hydrogens is 1260 g/mol. The Balaban J connectivity index is 0.000000182. The minimum Gasteiger partial charge on any atom is -0.460 e. The van der Waals surface area contributed by atoms with Crippen LogP contribution in [0.5, 0.6) is 0 Å². The van der Waals surface area contributed by atoms with Gasteiger partial charge in [-0.2, -0.15) is 0 Å². The van der Waals surface area contributed by atoms with Gasteiger partial charge in [-0.3, -0.25) is 9.69 Å². The zero-order chi connectivity index (χ0) is 69.6. The first-order chi connectivity index (χ1) is 47.9. The van der Waals surface area contributed by atoms with Crippen LogP contribution in [0.25, 0.3) is 34.1 Å². The van der Waals surface area contributed by atoms with Crippen LogP contribution in [-0.4, -0.2) is 199 Å². The highest BCUT2D eigenvalue weighted by atomic mass is 19.1. The number of benzene rings is 2. The fourth-order valence-electron chi connectivity index (χ4n) is 12.4. The first-order valence-corrected chi connectivity index (χ1v) is 35.1. The van der Waals surface area contributed by atoms with E-state index in [1.165, 1.54) is 12.1 Å². The second kappa shape index (κ2) is 36.0. The Labute approximate surface area is 580 Å². The highest BCUT2D eigenvalue weighted by Gasteiger charge is 2.31. The molecule has 12 rings (SSSR count). The molecular formula is C74H99F2N15O8. The number of piperazine rings is 2. The van der Waals surface area contributed by atoms with E-state index in [-0.39, 0.29) is 29.7 Å². The standard InChI is InChI=1S/C36H47FN8O4.C25H26FN7.C13H26O4/c1-36(2,3)49-35(46)38-14-21-47-23-24-48-22-20-42-16-18-43(19-17-42)33-11-5-9-29(40-33)31-26-39-32-12-13-34(41-45(31)32)44-15-6-10-30(44)27-7-4-8-28(37)25-27;26-19-5-1-4-18(16-19)21-7-3-13-32(21)25-10-9-23-28-17-22(33(23)30-25)20-6-2-8-24(29-20)31-14-11-27-12-15-31;1-5-8-15-10-11-16-9-6-7-12(14)17-13(2,3)4/h4-5,7-9,11-13,25-26,30H,6,10,14-24H2,1-3H3,(H,38,46);1-2,4-6,8-10,16-17,21,27H,3,7,11-15H2;5-11H2,1-4H3/t30-;21-;/m00./s1. The van der Waals surface area contributed by atoms with Crippen molar-refractivity contribution in [3.63, 3.8) is 0 Å².